The summed E-state index contributed by atoms with van der Waals surface area (Å²) in [6.07, 6.45) is -0.479. The van der Waals surface area contributed by atoms with Gasteiger partial charge in [-0.05, 0) is 60.2 Å². The molecule has 0 amide bonds. The molecule has 0 unspecified atom stereocenters. The van der Waals surface area contributed by atoms with Crippen LogP contribution in [0.1, 0.15) is 17.8 Å². The number of aryl methyl sites for hydroxylation is 2. The van der Waals surface area contributed by atoms with E-state index in [0.29, 0.717) is 5.52 Å². The van der Waals surface area contributed by atoms with Crippen LogP contribution in [-0.2, 0) is 22.4 Å². The third-order valence-corrected chi connectivity index (χ3v) is 6.39. The Morgan fingerprint density at radius 1 is 0.757 bits per heavy atom. The van der Waals surface area contributed by atoms with Crippen LogP contribution in [0.5, 0.6) is 17.2 Å². The fourth-order valence-electron chi connectivity index (χ4n) is 4.59. The van der Waals surface area contributed by atoms with Crippen LogP contribution in [0.15, 0.2) is 103 Å². The molecule has 1 atom stereocenters. The quantitative estimate of drug-likeness (QED) is 0.181. The van der Waals surface area contributed by atoms with E-state index in [-0.39, 0.29) is 28.1 Å². The second-order valence-electron chi connectivity index (χ2n) is 8.89. The number of rotatable bonds is 2. The van der Waals surface area contributed by atoms with E-state index in [1.807, 2.05) is 61.5 Å². The van der Waals surface area contributed by atoms with Crippen molar-refractivity contribution in [3.05, 3.63) is 115 Å². The van der Waals surface area contributed by atoms with Crippen molar-refractivity contribution in [3.63, 3.8) is 0 Å². The number of benzene rings is 4. The summed E-state index contributed by atoms with van der Waals surface area (Å²) in [6, 6.07) is 34.0. The van der Waals surface area contributed by atoms with E-state index in [1.165, 1.54) is 5.39 Å². The molecule has 187 valence electrons. The van der Waals surface area contributed by atoms with Crippen molar-refractivity contribution in [3.8, 4) is 17.2 Å². The molecular formula is C31H25AgN2O3+. The van der Waals surface area contributed by atoms with Gasteiger partial charge >= 0.3 is 6.41 Å². The average Bonchev–Trinajstić information content (AvgIpc) is 3.27. The van der Waals surface area contributed by atoms with Crippen LogP contribution in [0.3, 0.4) is 0 Å². The molecule has 1 N–H and O–H groups in total. The monoisotopic (exact) mass is 580 g/mol. The first-order valence-electron chi connectivity index (χ1n) is 11.9. The summed E-state index contributed by atoms with van der Waals surface area (Å²) >= 11 is 0. The Kier molecular flexibility index (Phi) is 6.85. The predicted octanol–water partition coefficient (Wildman–Crippen LogP) is 6.76. The smallest absolute Gasteiger partial charge is 0.468 e. The zero-order chi connectivity index (χ0) is 24.6. The molecule has 0 fully saturated rings. The van der Waals surface area contributed by atoms with Crippen molar-refractivity contribution in [1.29, 1.82) is 0 Å². The van der Waals surface area contributed by atoms with Gasteiger partial charge in [-0.15, -0.1) is 4.57 Å². The fraction of sp³-hybridized carbons (Fsp3) is 0.0968. The molecule has 1 radical (unpaired) electrons. The number of phenolic OH excluding ortho intramolecular Hbond substituents is 1. The minimum atomic E-state index is -0.479. The van der Waals surface area contributed by atoms with E-state index < -0.39 is 6.41 Å². The number of aromatic hydroxyl groups is 1. The number of nitrogens with zero attached hydrogens (tertiary/aromatic N) is 2. The van der Waals surface area contributed by atoms with Gasteiger partial charge in [-0.3, -0.25) is 0 Å². The summed E-state index contributed by atoms with van der Waals surface area (Å²) in [5, 5.41) is 13.9. The Balaban J connectivity index is 0.000000183. The Morgan fingerprint density at radius 3 is 2.32 bits per heavy atom. The van der Waals surface area contributed by atoms with E-state index >= 15 is 0 Å². The fourth-order valence-corrected chi connectivity index (χ4v) is 4.59. The van der Waals surface area contributed by atoms with Crippen molar-refractivity contribution in [2.45, 2.75) is 20.3 Å². The number of hydrogen-bond acceptors (Lipinski definition) is 4. The molecule has 37 heavy (non-hydrogen) atoms. The number of pyridine rings is 2. The molecule has 1 aliphatic rings. The molecule has 2 aromatic heterocycles. The van der Waals surface area contributed by atoms with Crippen LogP contribution in [0.2, 0.25) is 0 Å². The first-order chi connectivity index (χ1) is 17.6. The van der Waals surface area contributed by atoms with E-state index in [0.717, 1.165) is 44.6 Å². The molecule has 0 saturated carbocycles. The molecule has 7 rings (SSSR count). The Labute approximate surface area is 230 Å². The van der Waals surface area contributed by atoms with Gasteiger partial charge in [-0.2, -0.15) is 0 Å². The Hall–Kier alpha value is -3.90. The van der Waals surface area contributed by atoms with E-state index in [2.05, 4.69) is 58.9 Å². The second-order valence-corrected chi connectivity index (χ2v) is 8.89. The standard InChI is InChI=1S/C21H16NO2.C10H9NO.Ag/c1-14-9-10-16-7-4-8-19-20(16)22(14)21(24-19)23-18-12-11-15-5-2-3-6-17(15)13-18;1-7-5-6-8-3-2-4-9(12)10(8)11-7;/h2-13,21H,1H3;2-6,12H,1H3;/q+1;;/t21-;;/m0../s1. The van der Waals surface area contributed by atoms with Crippen LogP contribution in [0.25, 0.3) is 32.6 Å². The maximum Gasteiger partial charge on any atom is 0.468 e. The van der Waals surface area contributed by atoms with E-state index in [9.17, 15) is 5.11 Å². The van der Waals surface area contributed by atoms with Gasteiger partial charge < -0.3 is 14.6 Å². The molecule has 6 heteroatoms. The van der Waals surface area contributed by atoms with Crippen molar-refractivity contribution < 1.29 is 41.5 Å². The molecule has 0 aliphatic carbocycles. The van der Waals surface area contributed by atoms with Gasteiger partial charge in [0.05, 0.1) is 5.39 Å². The van der Waals surface area contributed by atoms with Crippen LogP contribution in [0, 0.1) is 13.8 Å². The van der Waals surface area contributed by atoms with Crippen LogP contribution in [0.4, 0.5) is 0 Å². The minimum absolute atomic E-state index is 0. The van der Waals surface area contributed by atoms with Gasteiger partial charge in [0.1, 0.15) is 17.0 Å². The Bertz CT molecular complexity index is 1750. The number of fused-ring (bicyclic) bond motifs is 2. The largest absolute Gasteiger partial charge is 0.506 e. The van der Waals surface area contributed by atoms with Crippen molar-refractivity contribution in [2.24, 2.45) is 0 Å². The number of hydrogen-bond donors (Lipinski definition) is 1. The third-order valence-electron chi connectivity index (χ3n) is 6.39. The summed E-state index contributed by atoms with van der Waals surface area (Å²) in [5.74, 6) is 1.91. The van der Waals surface area contributed by atoms with Gasteiger partial charge in [0.25, 0.3) is 5.52 Å². The van der Waals surface area contributed by atoms with Crippen molar-refractivity contribution in [1.82, 2.24) is 4.98 Å². The normalized spacial score (nSPS) is 13.5. The van der Waals surface area contributed by atoms with Crippen LogP contribution < -0.4 is 14.0 Å². The summed E-state index contributed by atoms with van der Waals surface area (Å²) in [4.78, 5) is 4.23. The van der Waals surface area contributed by atoms with Gasteiger partial charge in [-0.25, -0.2) is 4.98 Å². The molecule has 0 saturated heterocycles. The molecular weight excluding hydrogens is 556 g/mol. The number of ether oxygens (including phenoxy) is 2. The first-order valence-corrected chi connectivity index (χ1v) is 11.9. The number of phenols is 1. The predicted molar refractivity (Wildman–Crippen MR) is 141 cm³/mol. The van der Waals surface area contributed by atoms with Gasteiger partial charge in [0, 0.05) is 46.5 Å². The maximum atomic E-state index is 9.43. The third kappa shape index (κ3) is 4.77. The average molecular weight is 581 g/mol. The summed E-state index contributed by atoms with van der Waals surface area (Å²) < 4.78 is 14.3. The van der Waals surface area contributed by atoms with E-state index in [1.54, 1.807) is 6.07 Å². The molecule has 3 heterocycles. The molecule has 5 nitrogen and oxygen atoms in total. The zero-order valence-electron chi connectivity index (χ0n) is 20.4. The molecule has 0 bridgehead atoms. The zero-order valence-corrected chi connectivity index (χ0v) is 21.8. The molecule has 4 aromatic carbocycles. The van der Waals surface area contributed by atoms with Gasteiger partial charge in [0.15, 0.2) is 5.69 Å². The van der Waals surface area contributed by atoms with Gasteiger partial charge in [-0.1, -0.05) is 54.6 Å². The van der Waals surface area contributed by atoms with Crippen molar-refractivity contribution >= 4 is 32.6 Å². The number of aromatic nitrogens is 2. The SMILES string of the molecule is Cc1ccc2cccc(O)c2n1.Cc1ccc2cccc3c2[n+]1[C@@H](Oc1ccc2ccccc2c1)O3.[Ag]. The number of para-hydroxylation sites is 2. The Morgan fingerprint density at radius 2 is 1.46 bits per heavy atom. The van der Waals surface area contributed by atoms with Crippen LogP contribution >= 0.6 is 0 Å². The summed E-state index contributed by atoms with van der Waals surface area (Å²) in [5.41, 5.74) is 3.79. The molecule has 0 spiro atoms. The van der Waals surface area contributed by atoms with E-state index in [4.69, 9.17) is 9.47 Å². The second kappa shape index (κ2) is 10.2. The molecule has 1 aliphatic heterocycles. The topological polar surface area (TPSA) is 55.5 Å². The molecule has 6 aromatic rings. The van der Waals surface area contributed by atoms with Gasteiger partial charge in [0.2, 0.25) is 5.75 Å². The maximum absolute atomic E-state index is 9.43. The van der Waals surface area contributed by atoms with Crippen molar-refractivity contribution in [2.75, 3.05) is 0 Å². The summed E-state index contributed by atoms with van der Waals surface area (Å²) in [6.45, 7) is 3.98. The first kappa shape index (κ1) is 24.8. The summed E-state index contributed by atoms with van der Waals surface area (Å²) in [7, 11) is 0. The van der Waals surface area contributed by atoms with Crippen LogP contribution in [-0.4, -0.2) is 10.1 Å². The minimum Gasteiger partial charge on any atom is -0.506 e.